The normalized spacial score (nSPS) is 14.4. The maximum absolute atomic E-state index is 13.3. The van der Waals surface area contributed by atoms with Crippen LogP contribution in [-0.2, 0) is 40.0 Å². The average molecular weight is 753 g/mol. The van der Waals surface area contributed by atoms with Crippen LogP contribution in [0.15, 0.2) is 17.5 Å². The summed E-state index contributed by atoms with van der Waals surface area (Å²) in [6, 6.07) is -7.16. The van der Waals surface area contributed by atoms with E-state index in [1.165, 1.54) is 19.4 Å². The van der Waals surface area contributed by atoms with E-state index in [1.54, 1.807) is 0 Å². The molecule has 0 saturated carbocycles. The Labute approximate surface area is 307 Å². The molecule has 21 nitrogen and oxygen atoms in total. The fourth-order valence-electron chi connectivity index (χ4n) is 4.84. The number of amides is 6. The van der Waals surface area contributed by atoms with Gasteiger partial charge in [-0.2, -0.15) is 0 Å². The lowest BCUT2D eigenvalue weighted by atomic mass is 10.0. The Bertz CT molecular complexity index is 1400. The minimum Gasteiger partial charge on any atom is -0.480 e. The molecular weight excluding hydrogens is 696 g/mol. The zero-order chi connectivity index (χ0) is 40.2. The van der Waals surface area contributed by atoms with Gasteiger partial charge in [-0.05, 0) is 44.4 Å². The number of hydrogen-bond acceptors (Lipinski definition) is 11. The van der Waals surface area contributed by atoms with Gasteiger partial charge in [-0.1, -0.05) is 27.7 Å². The fraction of sp³-hybridized carbons (Fsp3) is 0.656. The van der Waals surface area contributed by atoms with E-state index in [-0.39, 0.29) is 56.4 Å². The molecule has 0 aliphatic heterocycles. The van der Waals surface area contributed by atoms with Crippen molar-refractivity contribution in [1.82, 2.24) is 41.9 Å². The van der Waals surface area contributed by atoms with Crippen LogP contribution in [0.5, 0.6) is 0 Å². The highest BCUT2D eigenvalue weighted by atomic mass is 16.4. The molecule has 0 aliphatic carbocycles. The van der Waals surface area contributed by atoms with Crippen molar-refractivity contribution in [3.63, 3.8) is 0 Å². The fourth-order valence-corrected chi connectivity index (χ4v) is 4.84. The minimum atomic E-state index is -1.29. The van der Waals surface area contributed by atoms with Gasteiger partial charge >= 0.3 is 5.97 Å². The van der Waals surface area contributed by atoms with E-state index >= 15 is 0 Å². The van der Waals surface area contributed by atoms with Crippen molar-refractivity contribution >= 4 is 47.4 Å². The van der Waals surface area contributed by atoms with E-state index in [0.29, 0.717) is 5.69 Å². The summed E-state index contributed by atoms with van der Waals surface area (Å²) >= 11 is 0. The molecule has 6 unspecified atom stereocenters. The molecule has 6 atom stereocenters. The Morgan fingerprint density at radius 1 is 0.792 bits per heavy atom. The number of nitrogens with zero attached hydrogens (tertiary/aromatic N) is 2. The monoisotopic (exact) mass is 752 g/mol. The number of imidazole rings is 1. The molecule has 53 heavy (non-hydrogen) atoms. The third-order valence-corrected chi connectivity index (χ3v) is 7.58. The molecule has 6 amide bonds. The molecule has 21 heteroatoms. The van der Waals surface area contributed by atoms with E-state index in [4.69, 9.17) is 17.2 Å². The summed E-state index contributed by atoms with van der Waals surface area (Å²) in [5.41, 5.74) is 16.6. The third kappa shape index (κ3) is 18.1. The van der Waals surface area contributed by atoms with Crippen molar-refractivity contribution in [3.05, 3.63) is 18.2 Å². The number of aliphatic carboxylic acids is 1. The number of nitrogens with two attached hydrogens (primary N) is 3. The third-order valence-electron chi connectivity index (χ3n) is 7.58. The number of carboxylic acids is 1. The van der Waals surface area contributed by atoms with Crippen LogP contribution in [0, 0.1) is 11.8 Å². The van der Waals surface area contributed by atoms with E-state index in [9.17, 15) is 43.8 Å². The maximum Gasteiger partial charge on any atom is 0.326 e. The van der Waals surface area contributed by atoms with Crippen molar-refractivity contribution in [2.75, 3.05) is 19.7 Å². The first-order valence-electron chi connectivity index (χ1n) is 17.2. The Hall–Kier alpha value is -5.31. The Morgan fingerprint density at radius 3 is 1.89 bits per heavy atom. The highest BCUT2D eigenvalue weighted by Crippen LogP contribution is 2.09. The lowest BCUT2D eigenvalue weighted by Crippen LogP contribution is -2.58. The van der Waals surface area contributed by atoms with Crippen LogP contribution in [0.25, 0.3) is 0 Å². The largest absolute Gasteiger partial charge is 0.480 e. The number of carbonyl (C=O) groups excluding carboxylic acids is 6. The van der Waals surface area contributed by atoms with Crippen molar-refractivity contribution in [2.45, 2.75) is 103 Å². The van der Waals surface area contributed by atoms with Crippen LogP contribution in [0.2, 0.25) is 0 Å². The second kappa shape index (κ2) is 23.3. The number of carbonyl (C=O) groups is 7. The quantitative estimate of drug-likeness (QED) is 0.0273. The van der Waals surface area contributed by atoms with Gasteiger partial charge in [0.05, 0.1) is 19.5 Å². The summed E-state index contributed by atoms with van der Waals surface area (Å²) in [5.74, 6) is -6.04. The number of rotatable bonds is 24. The molecule has 1 heterocycles. The van der Waals surface area contributed by atoms with Crippen LogP contribution >= 0.6 is 0 Å². The van der Waals surface area contributed by atoms with Crippen LogP contribution in [-0.4, -0.2) is 124 Å². The number of aromatic nitrogens is 2. The summed E-state index contributed by atoms with van der Waals surface area (Å²) in [5, 5.41) is 33.7. The molecule has 1 aromatic rings. The van der Waals surface area contributed by atoms with Crippen molar-refractivity contribution < 1.29 is 43.8 Å². The lowest BCUT2D eigenvalue weighted by molar-refractivity contribution is -0.142. The number of nitrogens with one attached hydrogen (secondary N) is 7. The molecule has 0 spiro atoms. The van der Waals surface area contributed by atoms with E-state index in [2.05, 4.69) is 46.9 Å². The molecule has 0 radical (unpaired) electrons. The minimum absolute atomic E-state index is 0.0274. The second-order valence-electron chi connectivity index (χ2n) is 13.4. The van der Waals surface area contributed by atoms with Gasteiger partial charge in [-0.3, -0.25) is 33.8 Å². The van der Waals surface area contributed by atoms with Crippen LogP contribution in [0.1, 0.15) is 66.0 Å². The Kier molecular flexibility index (Phi) is 20.1. The molecule has 0 aromatic carbocycles. The molecule has 0 fully saturated rings. The van der Waals surface area contributed by atoms with Gasteiger partial charge in [0.15, 0.2) is 5.96 Å². The second-order valence-corrected chi connectivity index (χ2v) is 13.4. The van der Waals surface area contributed by atoms with Gasteiger partial charge in [0.1, 0.15) is 36.3 Å². The summed E-state index contributed by atoms with van der Waals surface area (Å²) in [7, 11) is 0. The van der Waals surface area contributed by atoms with Gasteiger partial charge in [0, 0.05) is 24.9 Å². The molecular formula is C32H56N12O9. The van der Waals surface area contributed by atoms with E-state index in [1.807, 2.05) is 27.7 Å². The Morgan fingerprint density at radius 2 is 1.36 bits per heavy atom. The number of aliphatic hydroxyl groups is 1. The first-order valence-corrected chi connectivity index (χ1v) is 17.2. The van der Waals surface area contributed by atoms with Gasteiger partial charge in [0.25, 0.3) is 0 Å². The van der Waals surface area contributed by atoms with E-state index in [0.717, 1.165) is 0 Å². The summed E-state index contributed by atoms with van der Waals surface area (Å²) < 4.78 is 0. The average Bonchev–Trinajstić information content (AvgIpc) is 3.59. The van der Waals surface area contributed by atoms with Crippen molar-refractivity contribution in [2.24, 2.45) is 34.0 Å². The molecule has 0 aliphatic rings. The van der Waals surface area contributed by atoms with Gasteiger partial charge < -0.3 is 64.3 Å². The van der Waals surface area contributed by atoms with Crippen molar-refractivity contribution in [3.8, 4) is 0 Å². The number of hydrogen-bond donors (Lipinski definition) is 12. The topological polar surface area (TPSA) is 351 Å². The summed E-state index contributed by atoms with van der Waals surface area (Å²) in [6.07, 6.45) is 3.43. The van der Waals surface area contributed by atoms with Gasteiger partial charge in [-0.25, -0.2) is 9.78 Å². The van der Waals surface area contributed by atoms with Crippen LogP contribution < -0.4 is 49.1 Å². The van der Waals surface area contributed by atoms with Crippen LogP contribution in [0.4, 0.5) is 0 Å². The molecule has 0 saturated heterocycles. The number of aromatic amines is 1. The smallest absolute Gasteiger partial charge is 0.326 e. The summed E-state index contributed by atoms with van der Waals surface area (Å²) in [6.45, 7) is 7.54. The van der Waals surface area contributed by atoms with Crippen LogP contribution in [0.3, 0.4) is 0 Å². The highest BCUT2D eigenvalue weighted by Gasteiger charge is 2.31. The SMILES string of the molecule is CC(C)CC(NC(=O)CNC(=O)C(CC(C)C)NC(=O)C(Cc1cnc[nH]1)NC(=O)C(N)CO)C(=O)NC(C)C(=O)NC(CCCN=C(N)N)C(=O)O. The summed E-state index contributed by atoms with van der Waals surface area (Å²) in [4.78, 5) is 100. The number of carboxylic acid groups (broad SMARTS) is 1. The zero-order valence-corrected chi connectivity index (χ0v) is 30.8. The Balaban J connectivity index is 2.92. The van der Waals surface area contributed by atoms with Crippen molar-refractivity contribution in [1.29, 1.82) is 0 Å². The molecule has 0 bridgehead atoms. The molecule has 298 valence electrons. The number of guanidine groups is 1. The lowest BCUT2D eigenvalue weighted by Gasteiger charge is -2.25. The number of H-pyrrole nitrogens is 1. The van der Waals surface area contributed by atoms with Gasteiger partial charge in [-0.15, -0.1) is 0 Å². The molecule has 1 rings (SSSR count). The first kappa shape index (κ1) is 45.7. The first-order chi connectivity index (χ1) is 24.8. The van der Waals surface area contributed by atoms with E-state index < -0.39 is 90.8 Å². The molecule has 1 aromatic heterocycles. The standard InChI is InChI=1S/C32H56N12O9/c1-16(2)9-22(44-30(51)24(11-19-12-36-15-39-19)43-27(48)20(33)14-45)28(49)38-13-25(46)41-23(10-17(3)4)29(50)40-18(5)26(47)42-21(31(52)53)7-6-8-37-32(34)35/h12,15-18,20-24,45H,6-11,13-14,33H2,1-5H3,(H,36,39)(H,38,49)(H,40,50)(H,41,46)(H,42,47)(H,43,48)(H,44,51)(H,52,53)(H4,34,35,37). The zero-order valence-electron chi connectivity index (χ0n) is 30.8. The maximum atomic E-state index is 13.3. The van der Waals surface area contributed by atoms with Gasteiger partial charge in [0.2, 0.25) is 35.4 Å². The highest BCUT2D eigenvalue weighted by molar-refractivity contribution is 5.96. The predicted molar refractivity (Wildman–Crippen MR) is 192 cm³/mol. The molecule has 15 N–H and O–H groups in total. The number of aliphatic hydroxyl groups excluding tert-OH is 1. The number of aliphatic imine (C=N–C) groups is 1. The predicted octanol–water partition coefficient (Wildman–Crippen LogP) is -3.94.